The standard InChI is InChI=1S/C13H23NO4/c15-7-10-18-12-3-1-11(2-4-12)13(16)14-5-8-17-9-6-14/h11-12,15H,1-10H2. The van der Waals surface area contributed by atoms with Crippen LogP contribution in [0, 0.1) is 5.92 Å². The average molecular weight is 257 g/mol. The molecule has 1 aliphatic heterocycles. The van der Waals surface area contributed by atoms with Crippen LogP contribution in [0.15, 0.2) is 0 Å². The second-order valence-electron chi connectivity index (χ2n) is 5.01. The van der Waals surface area contributed by atoms with E-state index in [2.05, 4.69) is 0 Å². The molecule has 18 heavy (non-hydrogen) atoms. The quantitative estimate of drug-likeness (QED) is 0.792. The van der Waals surface area contributed by atoms with E-state index in [1.54, 1.807) is 0 Å². The van der Waals surface area contributed by atoms with Crippen LogP contribution in [0.25, 0.3) is 0 Å². The molecule has 1 saturated carbocycles. The van der Waals surface area contributed by atoms with E-state index in [9.17, 15) is 4.79 Å². The van der Waals surface area contributed by atoms with Crippen molar-refractivity contribution in [2.45, 2.75) is 31.8 Å². The van der Waals surface area contributed by atoms with Gasteiger partial charge in [-0.3, -0.25) is 4.79 Å². The van der Waals surface area contributed by atoms with Crippen LogP contribution in [-0.4, -0.2) is 61.5 Å². The van der Waals surface area contributed by atoms with Crippen molar-refractivity contribution in [1.82, 2.24) is 4.90 Å². The Morgan fingerprint density at radius 1 is 1.22 bits per heavy atom. The topological polar surface area (TPSA) is 59.0 Å². The zero-order chi connectivity index (χ0) is 12.8. The molecule has 0 aromatic carbocycles. The van der Waals surface area contributed by atoms with Crippen molar-refractivity contribution in [2.75, 3.05) is 39.5 Å². The first-order chi connectivity index (χ1) is 8.81. The van der Waals surface area contributed by atoms with E-state index in [0.29, 0.717) is 25.7 Å². The first-order valence-electron chi connectivity index (χ1n) is 6.90. The molecule has 1 aliphatic carbocycles. The van der Waals surface area contributed by atoms with Crippen molar-refractivity contribution in [2.24, 2.45) is 5.92 Å². The van der Waals surface area contributed by atoms with Gasteiger partial charge in [-0.1, -0.05) is 0 Å². The van der Waals surface area contributed by atoms with Crippen molar-refractivity contribution < 1.29 is 19.4 Å². The minimum atomic E-state index is 0.0760. The number of hydrogen-bond donors (Lipinski definition) is 1. The summed E-state index contributed by atoms with van der Waals surface area (Å²) in [6.45, 7) is 3.29. The number of hydrogen-bond acceptors (Lipinski definition) is 4. The van der Waals surface area contributed by atoms with E-state index >= 15 is 0 Å². The van der Waals surface area contributed by atoms with Crippen molar-refractivity contribution in [3.05, 3.63) is 0 Å². The number of aliphatic hydroxyl groups excluding tert-OH is 1. The molecule has 0 atom stereocenters. The second kappa shape index (κ2) is 7.07. The van der Waals surface area contributed by atoms with Crippen molar-refractivity contribution in [3.63, 3.8) is 0 Å². The molecule has 0 spiro atoms. The molecule has 1 saturated heterocycles. The van der Waals surface area contributed by atoms with Gasteiger partial charge < -0.3 is 19.5 Å². The highest BCUT2D eigenvalue weighted by atomic mass is 16.5. The lowest BCUT2D eigenvalue weighted by molar-refractivity contribution is -0.141. The highest BCUT2D eigenvalue weighted by molar-refractivity contribution is 5.79. The molecule has 1 heterocycles. The summed E-state index contributed by atoms with van der Waals surface area (Å²) in [5.41, 5.74) is 0. The summed E-state index contributed by atoms with van der Waals surface area (Å²) in [6.07, 6.45) is 3.91. The molecule has 104 valence electrons. The van der Waals surface area contributed by atoms with Gasteiger partial charge in [0.1, 0.15) is 0 Å². The predicted molar refractivity (Wildman–Crippen MR) is 66.2 cm³/mol. The highest BCUT2D eigenvalue weighted by Gasteiger charge is 2.30. The molecular formula is C13H23NO4. The van der Waals surface area contributed by atoms with Crippen LogP contribution in [0.3, 0.4) is 0 Å². The van der Waals surface area contributed by atoms with Crippen LogP contribution in [-0.2, 0) is 14.3 Å². The summed E-state index contributed by atoms with van der Waals surface area (Å²) in [6, 6.07) is 0. The Labute approximate surface area is 108 Å². The monoisotopic (exact) mass is 257 g/mol. The summed E-state index contributed by atoms with van der Waals surface area (Å²) in [5, 5.41) is 8.71. The number of nitrogens with zero attached hydrogens (tertiary/aromatic N) is 1. The highest BCUT2D eigenvalue weighted by Crippen LogP contribution is 2.27. The van der Waals surface area contributed by atoms with E-state index in [4.69, 9.17) is 14.6 Å². The maximum Gasteiger partial charge on any atom is 0.225 e. The van der Waals surface area contributed by atoms with Gasteiger partial charge in [-0.05, 0) is 25.7 Å². The lowest BCUT2D eigenvalue weighted by atomic mass is 9.86. The number of carbonyl (C=O) groups is 1. The maximum atomic E-state index is 12.3. The Morgan fingerprint density at radius 3 is 2.50 bits per heavy atom. The molecule has 1 amide bonds. The molecule has 2 rings (SSSR count). The smallest absolute Gasteiger partial charge is 0.225 e. The van der Waals surface area contributed by atoms with Gasteiger partial charge in [-0.2, -0.15) is 0 Å². The first kappa shape index (κ1) is 13.8. The number of ether oxygens (including phenoxy) is 2. The number of morpholine rings is 1. The minimum Gasteiger partial charge on any atom is -0.394 e. The molecule has 1 N–H and O–H groups in total. The molecule has 2 fully saturated rings. The Morgan fingerprint density at radius 2 is 1.89 bits per heavy atom. The molecule has 0 radical (unpaired) electrons. The zero-order valence-corrected chi connectivity index (χ0v) is 10.8. The Balaban J connectivity index is 1.73. The molecule has 5 nitrogen and oxygen atoms in total. The average Bonchev–Trinajstić information content (AvgIpc) is 2.46. The number of rotatable bonds is 4. The van der Waals surface area contributed by atoms with Crippen molar-refractivity contribution in [1.29, 1.82) is 0 Å². The van der Waals surface area contributed by atoms with Gasteiger partial charge in [0.15, 0.2) is 0 Å². The van der Waals surface area contributed by atoms with Crippen LogP contribution in [0.2, 0.25) is 0 Å². The lowest BCUT2D eigenvalue weighted by Crippen LogP contribution is -2.44. The van der Waals surface area contributed by atoms with Gasteiger partial charge >= 0.3 is 0 Å². The normalized spacial score (nSPS) is 29.3. The summed E-state index contributed by atoms with van der Waals surface area (Å²) < 4.78 is 10.8. The number of carbonyl (C=O) groups excluding carboxylic acids is 1. The third-order valence-electron chi connectivity index (χ3n) is 3.79. The third kappa shape index (κ3) is 3.67. The Bertz CT molecular complexity index is 258. The van der Waals surface area contributed by atoms with Gasteiger partial charge in [0.05, 0.1) is 32.5 Å². The van der Waals surface area contributed by atoms with Gasteiger partial charge in [-0.15, -0.1) is 0 Å². The first-order valence-corrected chi connectivity index (χ1v) is 6.90. The van der Waals surface area contributed by atoms with Crippen LogP contribution in [0.1, 0.15) is 25.7 Å². The lowest BCUT2D eigenvalue weighted by Gasteiger charge is -2.33. The SMILES string of the molecule is O=C(C1CCC(OCCO)CC1)N1CCOCC1. The van der Waals surface area contributed by atoms with Crippen molar-refractivity contribution >= 4 is 5.91 Å². The van der Waals surface area contributed by atoms with Gasteiger partial charge in [0.25, 0.3) is 0 Å². The van der Waals surface area contributed by atoms with Gasteiger partial charge in [0.2, 0.25) is 5.91 Å². The molecular weight excluding hydrogens is 234 g/mol. The fourth-order valence-electron chi connectivity index (χ4n) is 2.74. The fraction of sp³-hybridized carbons (Fsp3) is 0.923. The van der Waals surface area contributed by atoms with Crippen molar-refractivity contribution in [3.8, 4) is 0 Å². The molecule has 2 aliphatic rings. The summed E-state index contributed by atoms with van der Waals surface area (Å²) in [7, 11) is 0. The van der Waals surface area contributed by atoms with Crippen LogP contribution >= 0.6 is 0 Å². The number of aliphatic hydroxyl groups is 1. The molecule has 0 bridgehead atoms. The van der Waals surface area contributed by atoms with Crippen LogP contribution in [0.4, 0.5) is 0 Å². The van der Waals surface area contributed by atoms with Gasteiger partial charge in [0, 0.05) is 19.0 Å². The molecule has 0 unspecified atom stereocenters. The molecule has 0 aromatic rings. The number of amides is 1. The summed E-state index contributed by atoms with van der Waals surface area (Å²) >= 11 is 0. The van der Waals surface area contributed by atoms with E-state index in [-0.39, 0.29) is 18.6 Å². The third-order valence-corrected chi connectivity index (χ3v) is 3.79. The van der Waals surface area contributed by atoms with E-state index in [1.165, 1.54) is 0 Å². The van der Waals surface area contributed by atoms with Crippen LogP contribution < -0.4 is 0 Å². The van der Waals surface area contributed by atoms with Gasteiger partial charge in [-0.25, -0.2) is 0 Å². The molecule has 0 aromatic heterocycles. The zero-order valence-electron chi connectivity index (χ0n) is 10.8. The maximum absolute atomic E-state index is 12.3. The molecule has 5 heteroatoms. The van der Waals surface area contributed by atoms with E-state index < -0.39 is 0 Å². The predicted octanol–water partition coefficient (Wildman–Crippen LogP) is 0.413. The van der Waals surface area contributed by atoms with E-state index in [1.807, 2.05) is 4.90 Å². The summed E-state index contributed by atoms with van der Waals surface area (Å²) in [4.78, 5) is 14.2. The summed E-state index contributed by atoms with van der Waals surface area (Å²) in [5.74, 6) is 0.455. The minimum absolute atomic E-state index is 0.0760. The Hall–Kier alpha value is -0.650. The largest absolute Gasteiger partial charge is 0.394 e. The fourth-order valence-corrected chi connectivity index (χ4v) is 2.74. The Kier molecular flexibility index (Phi) is 5.41. The van der Waals surface area contributed by atoms with E-state index in [0.717, 1.165) is 38.8 Å². The van der Waals surface area contributed by atoms with Crippen LogP contribution in [0.5, 0.6) is 0 Å². The second-order valence-corrected chi connectivity index (χ2v) is 5.01.